The van der Waals surface area contributed by atoms with Gasteiger partial charge in [-0.25, -0.2) is 0 Å². The van der Waals surface area contributed by atoms with E-state index in [2.05, 4.69) is 32.9 Å². The summed E-state index contributed by atoms with van der Waals surface area (Å²) in [5.41, 5.74) is 6.82. The minimum absolute atomic E-state index is 0.00611. The van der Waals surface area contributed by atoms with Crippen molar-refractivity contribution in [2.75, 3.05) is 0 Å². The van der Waals surface area contributed by atoms with Crippen LogP contribution < -0.4 is 5.73 Å². The van der Waals surface area contributed by atoms with E-state index >= 15 is 0 Å². The Morgan fingerprint density at radius 1 is 1.13 bits per heavy atom. The Morgan fingerprint density at radius 2 is 1.78 bits per heavy atom. The molecule has 126 valence electrons. The number of rotatable bonds is 1. The van der Waals surface area contributed by atoms with Crippen molar-refractivity contribution in [3.05, 3.63) is 0 Å². The van der Waals surface area contributed by atoms with Gasteiger partial charge in [0.15, 0.2) is 0 Å². The summed E-state index contributed by atoms with van der Waals surface area (Å²) < 4.78 is -0.132. The maximum absolute atomic E-state index is 10.1. The largest absolute Gasteiger partial charge is 0.325 e. The summed E-state index contributed by atoms with van der Waals surface area (Å²) in [6.45, 7) is 6.65. The highest BCUT2D eigenvalue weighted by molar-refractivity contribution is 8.18. The summed E-state index contributed by atoms with van der Waals surface area (Å²) in [5, 5.41) is 19.7. The predicted molar refractivity (Wildman–Crippen MR) is 97.7 cm³/mol. The van der Waals surface area contributed by atoms with Crippen molar-refractivity contribution >= 4 is 23.5 Å². The second-order valence-corrected chi connectivity index (χ2v) is 11.4. The van der Waals surface area contributed by atoms with Crippen LogP contribution in [0.15, 0.2) is 0 Å². The third kappa shape index (κ3) is 2.70. The van der Waals surface area contributed by atoms with Crippen LogP contribution in [0, 0.1) is 45.8 Å². The second kappa shape index (κ2) is 6.17. The molecule has 2 saturated heterocycles. The molecule has 6 unspecified atom stereocenters. The van der Waals surface area contributed by atoms with Crippen molar-refractivity contribution in [2.45, 2.75) is 73.5 Å². The van der Waals surface area contributed by atoms with Crippen LogP contribution in [-0.4, -0.2) is 20.6 Å². The molecular weight excluding hydrogens is 322 g/mol. The van der Waals surface area contributed by atoms with Crippen molar-refractivity contribution in [1.82, 2.24) is 0 Å². The van der Waals surface area contributed by atoms with Crippen LogP contribution in [0.3, 0.4) is 0 Å². The number of thioether (sulfide) groups is 2. The lowest BCUT2D eigenvalue weighted by atomic mass is 9.65. The Bertz CT molecular complexity index is 538. The second-order valence-electron chi connectivity index (χ2n) is 8.41. The number of hydrogen-bond donors (Lipinski definition) is 1. The van der Waals surface area contributed by atoms with Gasteiger partial charge in [0, 0.05) is 12.0 Å². The van der Waals surface area contributed by atoms with E-state index in [0.29, 0.717) is 10.5 Å². The summed E-state index contributed by atoms with van der Waals surface area (Å²) in [6.07, 6.45) is 6.03. The lowest BCUT2D eigenvalue weighted by molar-refractivity contribution is 0.151. The molecule has 2 N–H and O–H groups in total. The standard InChI is InChI=1S/C18H27N3S2/c1-17(2,3)14-12(9-19)22-16-13(14)15(21)18(10-20,23-16)11-7-5-4-6-8-11/h11-16H,4-8,21H2,1-3H3. The fourth-order valence-corrected chi connectivity index (χ4v) is 9.34. The molecule has 0 aromatic carbocycles. The van der Waals surface area contributed by atoms with Crippen molar-refractivity contribution in [1.29, 1.82) is 10.5 Å². The molecule has 0 bridgehead atoms. The van der Waals surface area contributed by atoms with Gasteiger partial charge in [-0.05, 0) is 30.1 Å². The van der Waals surface area contributed by atoms with Crippen LogP contribution in [0.4, 0.5) is 0 Å². The molecule has 3 aliphatic rings. The molecule has 1 aliphatic carbocycles. The molecule has 2 aliphatic heterocycles. The Morgan fingerprint density at radius 3 is 2.30 bits per heavy atom. The predicted octanol–water partition coefficient (Wildman–Crippen LogP) is 4.15. The molecule has 5 heteroatoms. The summed E-state index contributed by atoms with van der Waals surface area (Å²) in [4.78, 5) is 0. The Hall–Kier alpha value is -0.360. The van der Waals surface area contributed by atoms with Gasteiger partial charge in [0.2, 0.25) is 0 Å². The van der Waals surface area contributed by atoms with Crippen LogP contribution in [0.5, 0.6) is 0 Å². The summed E-state index contributed by atoms with van der Waals surface area (Å²) >= 11 is 3.58. The maximum Gasteiger partial charge on any atom is 0.122 e. The molecule has 0 aromatic rings. The number of nitrogens with zero attached hydrogens (tertiary/aromatic N) is 2. The highest BCUT2D eigenvalue weighted by Crippen LogP contribution is 2.65. The molecule has 23 heavy (non-hydrogen) atoms. The lowest BCUT2D eigenvalue weighted by Crippen LogP contribution is -2.53. The van der Waals surface area contributed by atoms with Crippen molar-refractivity contribution < 1.29 is 0 Å². The van der Waals surface area contributed by atoms with E-state index < -0.39 is 4.75 Å². The minimum Gasteiger partial charge on any atom is -0.325 e. The lowest BCUT2D eigenvalue weighted by Gasteiger charge is -2.41. The topological polar surface area (TPSA) is 73.6 Å². The first-order chi connectivity index (χ1) is 10.8. The van der Waals surface area contributed by atoms with Crippen LogP contribution >= 0.6 is 23.5 Å². The zero-order valence-electron chi connectivity index (χ0n) is 14.3. The van der Waals surface area contributed by atoms with Crippen LogP contribution in [-0.2, 0) is 0 Å². The highest BCUT2D eigenvalue weighted by Gasteiger charge is 2.64. The third-order valence-corrected chi connectivity index (χ3v) is 9.60. The van der Waals surface area contributed by atoms with Crippen LogP contribution in [0.1, 0.15) is 52.9 Å². The molecule has 3 fully saturated rings. The summed E-state index contributed by atoms with van der Waals surface area (Å²) in [6, 6.07) is 5.07. The first-order valence-electron chi connectivity index (χ1n) is 8.75. The van der Waals surface area contributed by atoms with Gasteiger partial charge >= 0.3 is 0 Å². The maximum atomic E-state index is 10.1. The van der Waals surface area contributed by atoms with Crippen LogP contribution in [0.2, 0.25) is 0 Å². The first-order valence-corrected chi connectivity index (χ1v) is 10.6. The van der Waals surface area contributed by atoms with Crippen molar-refractivity contribution in [3.8, 4) is 12.1 Å². The Kier molecular flexibility index (Phi) is 4.69. The number of nitriles is 2. The van der Waals surface area contributed by atoms with Gasteiger partial charge in [0.25, 0.3) is 0 Å². The number of hydrogen-bond acceptors (Lipinski definition) is 5. The average molecular weight is 350 g/mol. The van der Waals surface area contributed by atoms with Gasteiger partial charge in [-0.1, -0.05) is 40.0 Å². The molecule has 0 spiro atoms. The van der Waals surface area contributed by atoms with Gasteiger partial charge in [-0.3, -0.25) is 0 Å². The van der Waals surface area contributed by atoms with Crippen molar-refractivity contribution in [3.63, 3.8) is 0 Å². The van der Waals surface area contributed by atoms with Gasteiger partial charge in [0.1, 0.15) is 4.75 Å². The van der Waals surface area contributed by atoms with E-state index in [4.69, 9.17) is 5.73 Å². The smallest absolute Gasteiger partial charge is 0.122 e. The zero-order chi connectivity index (χ0) is 16.8. The fourth-order valence-electron chi connectivity index (χ4n) is 4.98. The number of nitrogens with two attached hydrogens (primary N) is 1. The van der Waals surface area contributed by atoms with E-state index in [-0.39, 0.29) is 28.5 Å². The Labute approximate surface area is 148 Å². The first kappa shape index (κ1) is 17.5. The molecular formula is C18H27N3S2. The molecule has 1 saturated carbocycles. The van der Waals surface area contributed by atoms with Crippen molar-refractivity contribution in [2.24, 2.45) is 28.9 Å². The SMILES string of the molecule is CC(C)(C)C1C(C#N)SC2SC(C#N)(C3CCCCC3)C(N)C21. The quantitative estimate of drug-likeness (QED) is 0.770. The average Bonchev–Trinajstić information content (AvgIpc) is 3.02. The van der Waals surface area contributed by atoms with Gasteiger partial charge in [0.05, 0.1) is 22.0 Å². The Balaban J connectivity index is 1.93. The normalized spacial score (nSPS) is 44.5. The summed E-state index contributed by atoms with van der Waals surface area (Å²) in [7, 11) is 0. The van der Waals surface area contributed by atoms with E-state index in [1.807, 2.05) is 11.8 Å². The van der Waals surface area contributed by atoms with E-state index in [1.54, 1.807) is 11.8 Å². The molecule has 2 heterocycles. The number of fused-ring (bicyclic) bond motifs is 1. The van der Waals surface area contributed by atoms with E-state index in [1.165, 1.54) is 19.3 Å². The third-order valence-electron chi connectivity index (χ3n) is 6.07. The summed E-state index contributed by atoms with van der Waals surface area (Å²) in [5.74, 6) is 0.966. The molecule has 0 radical (unpaired) electrons. The zero-order valence-corrected chi connectivity index (χ0v) is 15.9. The van der Waals surface area contributed by atoms with E-state index in [0.717, 1.165) is 12.8 Å². The molecule has 3 rings (SSSR count). The molecule has 3 nitrogen and oxygen atoms in total. The molecule has 6 atom stereocenters. The fraction of sp³-hybridized carbons (Fsp3) is 0.889. The monoisotopic (exact) mass is 349 g/mol. The van der Waals surface area contributed by atoms with Gasteiger partial charge < -0.3 is 5.73 Å². The molecule has 0 aromatic heterocycles. The van der Waals surface area contributed by atoms with Gasteiger partial charge in [-0.2, -0.15) is 10.5 Å². The van der Waals surface area contributed by atoms with Gasteiger partial charge in [-0.15, -0.1) is 23.5 Å². The minimum atomic E-state index is -0.438. The van der Waals surface area contributed by atoms with Crippen LogP contribution in [0.25, 0.3) is 0 Å². The highest BCUT2D eigenvalue weighted by atomic mass is 32.2. The van der Waals surface area contributed by atoms with E-state index in [9.17, 15) is 10.5 Å². The molecule has 0 amide bonds.